The van der Waals surface area contributed by atoms with Gasteiger partial charge in [-0.2, -0.15) is 5.10 Å². The second-order valence-electron chi connectivity index (χ2n) is 4.12. The predicted molar refractivity (Wildman–Crippen MR) is 68.7 cm³/mol. The molecule has 0 aliphatic carbocycles. The second kappa shape index (κ2) is 5.46. The fourth-order valence-corrected chi connectivity index (χ4v) is 1.83. The van der Waals surface area contributed by atoms with Gasteiger partial charge in [0.15, 0.2) is 0 Å². The molecule has 2 rings (SSSR count). The molecule has 0 aliphatic heterocycles. The van der Waals surface area contributed by atoms with Gasteiger partial charge in [0, 0.05) is 26.3 Å². The van der Waals surface area contributed by atoms with Crippen LogP contribution < -0.4 is 5.73 Å². The monoisotopic (exact) mass is 244 g/mol. The Kier molecular flexibility index (Phi) is 3.74. The number of aromatic amines is 1. The van der Waals surface area contributed by atoms with Crippen LogP contribution in [0.4, 0.5) is 0 Å². The maximum Gasteiger partial charge on any atom is 0.257 e. The third-order valence-electron chi connectivity index (χ3n) is 2.84. The zero-order chi connectivity index (χ0) is 13.0. The van der Waals surface area contributed by atoms with Gasteiger partial charge in [0.05, 0.1) is 11.8 Å². The van der Waals surface area contributed by atoms with Crippen molar-refractivity contribution in [2.45, 2.75) is 13.1 Å². The Balaban J connectivity index is 2.11. The Morgan fingerprint density at radius 2 is 2.11 bits per heavy atom. The minimum Gasteiger partial charge on any atom is -0.337 e. The predicted octanol–water partition coefficient (Wildman–Crippen LogP) is 1.14. The summed E-state index contributed by atoms with van der Waals surface area (Å²) in [5.74, 6) is -0.0597. The fraction of sp³-hybridized carbons (Fsp3) is 0.231. The van der Waals surface area contributed by atoms with E-state index in [1.807, 2.05) is 24.3 Å². The van der Waals surface area contributed by atoms with Crippen molar-refractivity contribution in [1.82, 2.24) is 15.1 Å². The average Bonchev–Trinajstić information content (AvgIpc) is 2.92. The minimum atomic E-state index is -0.0597. The number of amides is 1. The average molecular weight is 244 g/mol. The molecule has 0 spiro atoms. The number of carbonyl (C=O) groups excluding carboxylic acids is 1. The number of rotatable bonds is 4. The lowest BCUT2D eigenvalue weighted by molar-refractivity contribution is 0.0785. The van der Waals surface area contributed by atoms with Crippen LogP contribution in [-0.4, -0.2) is 28.1 Å². The highest BCUT2D eigenvalue weighted by Crippen LogP contribution is 2.12. The Hall–Kier alpha value is -2.14. The molecule has 5 nitrogen and oxygen atoms in total. The van der Waals surface area contributed by atoms with Crippen molar-refractivity contribution in [2.24, 2.45) is 5.73 Å². The molecule has 5 heteroatoms. The van der Waals surface area contributed by atoms with E-state index in [4.69, 9.17) is 5.73 Å². The Morgan fingerprint density at radius 1 is 1.39 bits per heavy atom. The first-order chi connectivity index (χ1) is 8.72. The SMILES string of the molecule is CN(Cc1ccccc1CN)C(=O)c1cn[nH]c1. The molecule has 2 aromatic rings. The van der Waals surface area contributed by atoms with E-state index in [9.17, 15) is 4.79 Å². The fourth-order valence-electron chi connectivity index (χ4n) is 1.83. The summed E-state index contributed by atoms with van der Waals surface area (Å²) in [7, 11) is 1.77. The zero-order valence-electron chi connectivity index (χ0n) is 10.3. The van der Waals surface area contributed by atoms with Gasteiger partial charge in [-0.25, -0.2) is 0 Å². The summed E-state index contributed by atoms with van der Waals surface area (Å²) in [5, 5.41) is 6.41. The first kappa shape index (κ1) is 12.3. The molecule has 0 unspecified atom stereocenters. The molecule has 0 fully saturated rings. The van der Waals surface area contributed by atoms with Crippen molar-refractivity contribution in [3.05, 3.63) is 53.3 Å². The van der Waals surface area contributed by atoms with Crippen LogP contribution in [0.3, 0.4) is 0 Å². The van der Waals surface area contributed by atoms with Gasteiger partial charge in [0.1, 0.15) is 0 Å². The molecule has 0 aliphatic rings. The summed E-state index contributed by atoms with van der Waals surface area (Å²) in [6.07, 6.45) is 3.11. The molecular formula is C13H16N4O. The number of benzene rings is 1. The molecule has 1 aromatic heterocycles. The van der Waals surface area contributed by atoms with E-state index in [-0.39, 0.29) is 5.91 Å². The number of carbonyl (C=O) groups is 1. The number of nitrogens with one attached hydrogen (secondary N) is 1. The lowest BCUT2D eigenvalue weighted by atomic mass is 10.1. The van der Waals surface area contributed by atoms with Gasteiger partial charge in [-0.1, -0.05) is 24.3 Å². The highest BCUT2D eigenvalue weighted by molar-refractivity contribution is 5.93. The van der Waals surface area contributed by atoms with Gasteiger partial charge in [-0.05, 0) is 11.1 Å². The smallest absolute Gasteiger partial charge is 0.257 e. The number of nitrogens with two attached hydrogens (primary N) is 1. The van der Waals surface area contributed by atoms with Crippen LogP contribution in [0.15, 0.2) is 36.7 Å². The lowest BCUT2D eigenvalue weighted by Gasteiger charge is -2.18. The number of H-pyrrole nitrogens is 1. The van der Waals surface area contributed by atoms with Crippen molar-refractivity contribution < 1.29 is 4.79 Å². The topological polar surface area (TPSA) is 75.0 Å². The van der Waals surface area contributed by atoms with Crippen molar-refractivity contribution in [2.75, 3.05) is 7.05 Å². The summed E-state index contributed by atoms with van der Waals surface area (Å²) < 4.78 is 0. The highest BCUT2D eigenvalue weighted by Gasteiger charge is 2.13. The van der Waals surface area contributed by atoms with E-state index in [2.05, 4.69) is 10.2 Å². The normalized spacial score (nSPS) is 10.3. The molecule has 0 saturated carbocycles. The lowest BCUT2D eigenvalue weighted by Crippen LogP contribution is -2.26. The number of hydrogen-bond acceptors (Lipinski definition) is 3. The van der Waals surface area contributed by atoms with E-state index in [0.29, 0.717) is 18.7 Å². The van der Waals surface area contributed by atoms with E-state index in [1.54, 1.807) is 18.1 Å². The van der Waals surface area contributed by atoms with Gasteiger partial charge < -0.3 is 10.6 Å². The molecule has 3 N–H and O–H groups in total. The second-order valence-corrected chi connectivity index (χ2v) is 4.12. The summed E-state index contributed by atoms with van der Waals surface area (Å²) in [6.45, 7) is 1.02. The number of aromatic nitrogens is 2. The van der Waals surface area contributed by atoms with Crippen molar-refractivity contribution >= 4 is 5.91 Å². The number of nitrogens with zero attached hydrogens (tertiary/aromatic N) is 2. The third kappa shape index (κ3) is 2.57. The molecule has 1 heterocycles. The maximum atomic E-state index is 12.0. The van der Waals surface area contributed by atoms with Crippen LogP contribution in [0.5, 0.6) is 0 Å². The van der Waals surface area contributed by atoms with Crippen LogP contribution in [0.25, 0.3) is 0 Å². The number of hydrogen-bond donors (Lipinski definition) is 2. The van der Waals surface area contributed by atoms with Crippen LogP contribution in [0, 0.1) is 0 Å². The Morgan fingerprint density at radius 3 is 2.72 bits per heavy atom. The van der Waals surface area contributed by atoms with Gasteiger partial charge in [0.2, 0.25) is 0 Å². The molecule has 18 heavy (non-hydrogen) atoms. The van der Waals surface area contributed by atoms with E-state index < -0.39 is 0 Å². The molecule has 0 saturated heterocycles. The standard InChI is InChI=1S/C13H16N4O/c1-17(13(18)12-7-15-16-8-12)9-11-5-3-2-4-10(11)6-14/h2-5,7-8H,6,9,14H2,1H3,(H,15,16). The summed E-state index contributed by atoms with van der Waals surface area (Å²) in [6, 6.07) is 7.86. The van der Waals surface area contributed by atoms with E-state index in [0.717, 1.165) is 11.1 Å². The van der Waals surface area contributed by atoms with E-state index in [1.165, 1.54) is 6.20 Å². The van der Waals surface area contributed by atoms with Gasteiger partial charge in [-0.3, -0.25) is 9.89 Å². The van der Waals surface area contributed by atoms with Crippen LogP contribution in [-0.2, 0) is 13.1 Å². The van der Waals surface area contributed by atoms with Gasteiger partial charge >= 0.3 is 0 Å². The first-order valence-corrected chi connectivity index (χ1v) is 5.73. The van der Waals surface area contributed by atoms with Crippen LogP contribution >= 0.6 is 0 Å². The zero-order valence-corrected chi connectivity index (χ0v) is 10.3. The molecule has 0 radical (unpaired) electrons. The quantitative estimate of drug-likeness (QED) is 0.847. The maximum absolute atomic E-state index is 12.0. The van der Waals surface area contributed by atoms with E-state index >= 15 is 0 Å². The third-order valence-corrected chi connectivity index (χ3v) is 2.84. The first-order valence-electron chi connectivity index (χ1n) is 5.73. The van der Waals surface area contributed by atoms with Crippen molar-refractivity contribution in [3.63, 3.8) is 0 Å². The van der Waals surface area contributed by atoms with Crippen LogP contribution in [0.1, 0.15) is 21.5 Å². The molecule has 1 amide bonds. The summed E-state index contributed by atoms with van der Waals surface area (Å²) in [4.78, 5) is 13.7. The highest BCUT2D eigenvalue weighted by atomic mass is 16.2. The summed E-state index contributed by atoms with van der Waals surface area (Å²) in [5.41, 5.74) is 8.37. The minimum absolute atomic E-state index is 0.0597. The van der Waals surface area contributed by atoms with Gasteiger partial charge in [0.25, 0.3) is 5.91 Å². The molecular weight excluding hydrogens is 228 g/mol. The molecule has 94 valence electrons. The van der Waals surface area contributed by atoms with Crippen LogP contribution in [0.2, 0.25) is 0 Å². The molecule has 1 aromatic carbocycles. The van der Waals surface area contributed by atoms with Gasteiger partial charge in [-0.15, -0.1) is 0 Å². The molecule has 0 atom stereocenters. The summed E-state index contributed by atoms with van der Waals surface area (Å²) >= 11 is 0. The van der Waals surface area contributed by atoms with Crippen molar-refractivity contribution in [1.29, 1.82) is 0 Å². The Bertz CT molecular complexity index is 522. The Labute approximate surface area is 106 Å². The van der Waals surface area contributed by atoms with Crippen molar-refractivity contribution in [3.8, 4) is 0 Å². The molecule has 0 bridgehead atoms. The largest absolute Gasteiger partial charge is 0.337 e.